The van der Waals surface area contributed by atoms with E-state index in [1.807, 2.05) is 0 Å². The lowest BCUT2D eigenvalue weighted by Crippen LogP contribution is -2.13. The second-order valence-corrected chi connectivity index (χ2v) is 5.62. The quantitative estimate of drug-likeness (QED) is 0.819. The predicted molar refractivity (Wildman–Crippen MR) is 85.1 cm³/mol. The van der Waals surface area contributed by atoms with Gasteiger partial charge in [0.15, 0.2) is 0 Å². The van der Waals surface area contributed by atoms with Gasteiger partial charge >= 0.3 is 0 Å². The van der Waals surface area contributed by atoms with Gasteiger partial charge < -0.3 is 10.1 Å². The number of halogens is 3. The second-order valence-electron chi connectivity index (χ2n) is 3.92. The van der Waals surface area contributed by atoms with Gasteiger partial charge in [0.2, 0.25) is 0 Å². The van der Waals surface area contributed by atoms with Crippen molar-refractivity contribution >= 4 is 50.7 Å². The Balaban J connectivity index is 2.28. The van der Waals surface area contributed by atoms with Gasteiger partial charge in [-0.3, -0.25) is 4.79 Å². The zero-order valence-electron chi connectivity index (χ0n) is 10.4. The Kier molecular flexibility index (Phi) is 4.91. The predicted octanol–water partition coefficient (Wildman–Crippen LogP) is 5.02. The van der Waals surface area contributed by atoms with Crippen LogP contribution in [-0.4, -0.2) is 13.0 Å². The van der Waals surface area contributed by atoms with Crippen LogP contribution in [0.5, 0.6) is 5.75 Å². The first kappa shape index (κ1) is 15.2. The van der Waals surface area contributed by atoms with E-state index in [9.17, 15) is 4.79 Å². The van der Waals surface area contributed by atoms with Crippen molar-refractivity contribution in [1.29, 1.82) is 0 Å². The fraction of sp³-hybridized carbons (Fsp3) is 0.0714. The maximum Gasteiger partial charge on any atom is 0.256 e. The minimum absolute atomic E-state index is 0.292. The molecular formula is C14H10BrCl2NO2. The van der Waals surface area contributed by atoms with Crippen molar-refractivity contribution in [3.05, 3.63) is 56.5 Å². The van der Waals surface area contributed by atoms with Crippen LogP contribution < -0.4 is 10.1 Å². The number of rotatable bonds is 3. The molecule has 1 amide bonds. The Morgan fingerprint density at radius 2 is 1.95 bits per heavy atom. The number of hydrogen-bond acceptors (Lipinski definition) is 2. The van der Waals surface area contributed by atoms with Gasteiger partial charge in [-0.25, -0.2) is 0 Å². The lowest BCUT2D eigenvalue weighted by atomic mass is 10.2. The molecule has 0 radical (unpaired) electrons. The first-order chi connectivity index (χ1) is 9.51. The first-order valence-electron chi connectivity index (χ1n) is 5.61. The van der Waals surface area contributed by atoms with E-state index < -0.39 is 0 Å². The summed E-state index contributed by atoms with van der Waals surface area (Å²) in [4.78, 5) is 12.3. The topological polar surface area (TPSA) is 38.3 Å². The third-order valence-corrected chi connectivity index (χ3v) is 3.84. The van der Waals surface area contributed by atoms with Crippen LogP contribution in [-0.2, 0) is 0 Å². The molecule has 2 rings (SSSR count). The van der Waals surface area contributed by atoms with E-state index in [1.165, 1.54) is 0 Å². The molecule has 0 aliphatic rings. The standard InChI is InChI=1S/C14H10BrCl2NO2/c1-20-9-3-4-11(15)10(7-9)14(19)18-13-5-2-8(16)6-12(13)17/h2-7H,1H3,(H,18,19). The Morgan fingerprint density at radius 3 is 2.60 bits per heavy atom. The molecule has 0 heterocycles. The molecular weight excluding hydrogens is 365 g/mol. The van der Waals surface area contributed by atoms with Crippen LogP contribution in [0.15, 0.2) is 40.9 Å². The first-order valence-corrected chi connectivity index (χ1v) is 7.16. The van der Waals surface area contributed by atoms with Gasteiger partial charge in [0.1, 0.15) is 5.75 Å². The maximum atomic E-state index is 12.3. The summed E-state index contributed by atoms with van der Waals surface area (Å²) in [6, 6.07) is 10.0. The van der Waals surface area contributed by atoms with Crippen LogP contribution >= 0.6 is 39.1 Å². The van der Waals surface area contributed by atoms with Crippen molar-refractivity contribution in [2.45, 2.75) is 0 Å². The average molecular weight is 375 g/mol. The van der Waals surface area contributed by atoms with Crippen LogP contribution in [0.2, 0.25) is 10.0 Å². The fourth-order valence-corrected chi connectivity index (χ4v) is 2.47. The minimum Gasteiger partial charge on any atom is -0.497 e. The number of benzene rings is 2. The summed E-state index contributed by atoms with van der Waals surface area (Å²) < 4.78 is 5.77. The summed E-state index contributed by atoms with van der Waals surface area (Å²) in [5.74, 6) is 0.306. The normalized spacial score (nSPS) is 10.2. The van der Waals surface area contributed by atoms with Gasteiger partial charge in [0, 0.05) is 9.50 Å². The van der Waals surface area contributed by atoms with Gasteiger partial charge in [-0.1, -0.05) is 23.2 Å². The number of hydrogen-bond donors (Lipinski definition) is 1. The van der Waals surface area contributed by atoms with Crippen LogP contribution in [0.25, 0.3) is 0 Å². The molecule has 0 bridgehead atoms. The van der Waals surface area contributed by atoms with Gasteiger partial charge in [0.05, 0.1) is 23.4 Å². The van der Waals surface area contributed by atoms with E-state index in [-0.39, 0.29) is 5.91 Å². The summed E-state index contributed by atoms with van der Waals surface area (Å²) in [5.41, 5.74) is 0.950. The summed E-state index contributed by atoms with van der Waals surface area (Å²) in [7, 11) is 1.54. The van der Waals surface area contributed by atoms with E-state index in [4.69, 9.17) is 27.9 Å². The fourth-order valence-electron chi connectivity index (χ4n) is 1.59. The van der Waals surface area contributed by atoms with Crippen molar-refractivity contribution in [3.63, 3.8) is 0 Å². The number of nitrogens with one attached hydrogen (secondary N) is 1. The van der Waals surface area contributed by atoms with Crippen molar-refractivity contribution in [2.24, 2.45) is 0 Å². The van der Waals surface area contributed by atoms with Gasteiger partial charge in [-0.05, 0) is 52.3 Å². The Labute approximate surface area is 135 Å². The van der Waals surface area contributed by atoms with E-state index in [1.54, 1.807) is 43.5 Å². The van der Waals surface area contributed by atoms with Crippen molar-refractivity contribution < 1.29 is 9.53 Å². The largest absolute Gasteiger partial charge is 0.497 e. The lowest BCUT2D eigenvalue weighted by molar-refractivity contribution is 0.102. The van der Waals surface area contributed by atoms with Gasteiger partial charge in [-0.15, -0.1) is 0 Å². The molecule has 0 saturated carbocycles. The summed E-state index contributed by atoms with van der Waals surface area (Å²) in [6.07, 6.45) is 0. The van der Waals surface area contributed by atoms with E-state index in [0.29, 0.717) is 31.5 Å². The molecule has 20 heavy (non-hydrogen) atoms. The molecule has 0 unspecified atom stereocenters. The monoisotopic (exact) mass is 373 g/mol. The number of carbonyl (C=O) groups is 1. The van der Waals surface area contributed by atoms with Crippen molar-refractivity contribution in [1.82, 2.24) is 0 Å². The number of methoxy groups -OCH3 is 1. The number of amides is 1. The molecule has 0 fully saturated rings. The maximum absolute atomic E-state index is 12.3. The summed E-state index contributed by atoms with van der Waals surface area (Å²) >= 11 is 15.2. The highest BCUT2D eigenvalue weighted by Gasteiger charge is 2.13. The van der Waals surface area contributed by atoms with Crippen molar-refractivity contribution in [3.8, 4) is 5.75 Å². The molecule has 0 aliphatic carbocycles. The SMILES string of the molecule is COc1ccc(Br)c(C(=O)Nc2ccc(Cl)cc2Cl)c1. The average Bonchev–Trinajstić information content (AvgIpc) is 2.42. The summed E-state index contributed by atoms with van der Waals surface area (Å²) in [6.45, 7) is 0. The highest BCUT2D eigenvalue weighted by molar-refractivity contribution is 9.10. The third kappa shape index (κ3) is 3.45. The molecule has 3 nitrogen and oxygen atoms in total. The minimum atomic E-state index is -0.292. The van der Waals surface area contributed by atoms with E-state index in [2.05, 4.69) is 21.2 Å². The lowest BCUT2D eigenvalue weighted by Gasteiger charge is -2.10. The van der Waals surface area contributed by atoms with Gasteiger partial charge in [0.25, 0.3) is 5.91 Å². The molecule has 0 spiro atoms. The van der Waals surface area contributed by atoms with E-state index >= 15 is 0 Å². The molecule has 0 aliphatic heterocycles. The molecule has 2 aromatic carbocycles. The molecule has 2 aromatic rings. The van der Waals surface area contributed by atoms with Crippen LogP contribution in [0.4, 0.5) is 5.69 Å². The van der Waals surface area contributed by atoms with Crippen LogP contribution in [0.1, 0.15) is 10.4 Å². The molecule has 1 N–H and O–H groups in total. The highest BCUT2D eigenvalue weighted by atomic mass is 79.9. The smallest absolute Gasteiger partial charge is 0.256 e. The Hall–Kier alpha value is -1.23. The van der Waals surface area contributed by atoms with Crippen LogP contribution in [0, 0.1) is 0 Å². The van der Waals surface area contributed by atoms with Crippen molar-refractivity contribution in [2.75, 3.05) is 12.4 Å². The molecule has 0 atom stereocenters. The molecule has 0 aromatic heterocycles. The number of anilines is 1. The third-order valence-electron chi connectivity index (χ3n) is 2.60. The molecule has 0 saturated heterocycles. The van der Waals surface area contributed by atoms with E-state index in [0.717, 1.165) is 0 Å². The number of carbonyl (C=O) groups excluding carboxylic acids is 1. The highest BCUT2D eigenvalue weighted by Crippen LogP contribution is 2.28. The number of ether oxygens (including phenoxy) is 1. The Bertz CT molecular complexity index is 662. The molecule has 104 valence electrons. The zero-order chi connectivity index (χ0) is 14.7. The summed E-state index contributed by atoms with van der Waals surface area (Å²) in [5, 5.41) is 3.62. The Morgan fingerprint density at radius 1 is 1.20 bits per heavy atom. The molecule has 6 heteroatoms. The zero-order valence-corrected chi connectivity index (χ0v) is 13.5. The second kappa shape index (κ2) is 6.48. The van der Waals surface area contributed by atoms with Gasteiger partial charge in [-0.2, -0.15) is 0 Å². The van der Waals surface area contributed by atoms with Crippen LogP contribution in [0.3, 0.4) is 0 Å².